The lowest BCUT2D eigenvalue weighted by Gasteiger charge is -2.16. The number of rotatable bonds is 7. The monoisotopic (exact) mass is 262 g/mol. The maximum Gasteiger partial charge on any atom is 0.234 e. The maximum absolute atomic E-state index is 11.3. The van der Waals surface area contributed by atoms with Crippen molar-refractivity contribution in [2.45, 2.75) is 45.2 Å². The number of ether oxygens (including phenoxy) is 1. The zero-order chi connectivity index (χ0) is 13.8. The van der Waals surface area contributed by atoms with Crippen molar-refractivity contribution in [3.05, 3.63) is 29.3 Å². The third kappa shape index (κ3) is 4.24. The minimum atomic E-state index is -0.295. The molecule has 0 saturated heterocycles. The van der Waals surface area contributed by atoms with E-state index < -0.39 is 0 Å². The largest absolute Gasteiger partial charge is 0.493 e. The van der Waals surface area contributed by atoms with E-state index in [-0.39, 0.29) is 11.9 Å². The van der Waals surface area contributed by atoms with E-state index in [0.717, 1.165) is 24.2 Å². The summed E-state index contributed by atoms with van der Waals surface area (Å²) in [5, 5.41) is 3.25. The van der Waals surface area contributed by atoms with Crippen LogP contribution in [0.2, 0.25) is 0 Å². The van der Waals surface area contributed by atoms with Crippen molar-refractivity contribution >= 4 is 5.91 Å². The van der Waals surface area contributed by atoms with Crippen LogP contribution in [0.15, 0.2) is 18.2 Å². The average Bonchev–Trinajstić information content (AvgIpc) is 3.14. The molecule has 1 unspecified atom stereocenters. The molecule has 1 fully saturated rings. The van der Waals surface area contributed by atoms with Gasteiger partial charge in [0.1, 0.15) is 5.75 Å². The molecule has 0 spiro atoms. The van der Waals surface area contributed by atoms with Gasteiger partial charge in [0.2, 0.25) is 5.91 Å². The summed E-state index contributed by atoms with van der Waals surface area (Å²) in [4.78, 5) is 11.3. The Balaban J connectivity index is 1.82. The van der Waals surface area contributed by atoms with Crippen molar-refractivity contribution in [3.63, 3.8) is 0 Å². The van der Waals surface area contributed by atoms with Gasteiger partial charge >= 0.3 is 0 Å². The first-order valence-electron chi connectivity index (χ1n) is 6.81. The Kier molecular flexibility index (Phi) is 4.43. The number of aryl methyl sites for hydroxylation is 2. The van der Waals surface area contributed by atoms with Gasteiger partial charge in [-0.25, -0.2) is 0 Å². The van der Waals surface area contributed by atoms with Gasteiger partial charge in [-0.1, -0.05) is 17.7 Å². The van der Waals surface area contributed by atoms with Crippen LogP contribution in [-0.2, 0) is 4.79 Å². The number of benzene rings is 1. The highest BCUT2D eigenvalue weighted by atomic mass is 16.5. The van der Waals surface area contributed by atoms with E-state index in [1.807, 2.05) is 19.1 Å². The Bertz CT molecular complexity index is 455. The fourth-order valence-electron chi connectivity index (χ4n) is 2.09. The van der Waals surface area contributed by atoms with E-state index >= 15 is 0 Å². The van der Waals surface area contributed by atoms with E-state index in [2.05, 4.69) is 18.3 Å². The van der Waals surface area contributed by atoms with Crippen LogP contribution in [0.3, 0.4) is 0 Å². The van der Waals surface area contributed by atoms with Crippen molar-refractivity contribution < 1.29 is 9.53 Å². The number of carbonyl (C=O) groups excluding carboxylic acids is 1. The number of nitrogens with two attached hydrogens (primary N) is 1. The van der Waals surface area contributed by atoms with E-state index in [4.69, 9.17) is 10.5 Å². The molecule has 1 aliphatic rings. The fraction of sp³-hybridized carbons (Fsp3) is 0.533. The maximum atomic E-state index is 11.3. The second kappa shape index (κ2) is 6.06. The normalized spacial score (nSPS) is 16.1. The third-order valence-corrected chi connectivity index (χ3v) is 3.35. The van der Waals surface area contributed by atoms with Crippen LogP contribution in [0.4, 0.5) is 0 Å². The number of hydrogen-bond acceptors (Lipinski definition) is 3. The molecule has 1 aromatic rings. The smallest absolute Gasteiger partial charge is 0.234 e. The standard InChI is InChI=1S/C15H22N2O2/c1-10-3-6-14(11(2)9-10)19-8-7-13(15(16)18)17-12-4-5-12/h3,6,9,12-13,17H,4-5,7-8H2,1-2H3,(H2,16,18). The summed E-state index contributed by atoms with van der Waals surface area (Å²) in [6, 6.07) is 6.27. The van der Waals surface area contributed by atoms with Crippen molar-refractivity contribution in [2.24, 2.45) is 5.73 Å². The fourth-order valence-corrected chi connectivity index (χ4v) is 2.09. The first kappa shape index (κ1) is 13.9. The van der Waals surface area contributed by atoms with Crippen LogP contribution in [0.1, 0.15) is 30.4 Å². The van der Waals surface area contributed by atoms with Crippen LogP contribution in [0.25, 0.3) is 0 Å². The number of nitrogens with one attached hydrogen (secondary N) is 1. The van der Waals surface area contributed by atoms with Crippen LogP contribution in [0, 0.1) is 13.8 Å². The Morgan fingerprint density at radius 1 is 1.47 bits per heavy atom. The Labute approximate surface area is 114 Å². The molecule has 19 heavy (non-hydrogen) atoms. The van der Waals surface area contributed by atoms with Crippen molar-refractivity contribution in [2.75, 3.05) is 6.61 Å². The van der Waals surface area contributed by atoms with Crippen molar-refractivity contribution in [3.8, 4) is 5.75 Å². The van der Waals surface area contributed by atoms with E-state index in [9.17, 15) is 4.79 Å². The minimum absolute atomic E-state index is 0.279. The molecule has 1 aromatic carbocycles. The third-order valence-electron chi connectivity index (χ3n) is 3.35. The second-order valence-electron chi connectivity index (χ2n) is 5.30. The SMILES string of the molecule is Cc1ccc(OCCC(NC2CC2)C(N)=O)c(C)c1. The van der Waals surface area contributed by atoms with Gasteiger partial charge < -0.3 is 15.8 Å². The van der Waals surface area contributed by atoms with Crippen LogP contribution in [0.5, 0.6) is 5.75 Å². The summed E-state index contributed by atoms with van der Waals surface area (Å²) in [5.41, 5.74) is 7.72. The molecular formula is C15H22N2O2. The highest BCUT2D eigenvalue weighted by Gasteiger charge is 2.27. The first-order chi connectivity index (χ1) is 9.06. The number of hydrogen-bond donors (Lipinski definition) is 2. The summed E-state index contributed by atoms with van der Waals surface area (Å²) >= 11 is 0. The van der Waals surface area contributed by atoms with Gasteiger partial charge in [-0.2, -0.15) is 0 Å². The zero-order valence-electron chi connectivity index (χ0n) is 11.6. The molecule has 3 N–H and O–H groups in total. The molecular weight excluding hydrogens is 240 g/mol. The molecule has 1 saturated carbocycles. The molecule has 4 heteroatoms. The highest BCUT2D eigenvalue weighted by molar-refractivity contribution is 5.79. The second-order valence-corrected chi connectivity index (χ2v) is 5.30. The van der Waals surface area contributed by atoms with E-state index in [1.54, 1.807) is 0 Å². The molecule has 1 amide bonds. The Morgan fingerprint density at radius 3 is 2.79 bits per heavy atom. The van der Waals surface area contributed by atoms with Crippen LogP contribution in [-0.4, -0.2) is 24.6 Å². The molecule has 0 radical (unpaired) electrons. The molecule has 2 rings (SSSR count). The number of primary amides is 1. The molecule has 0 aromatic heterocycles. The van der Waals surface area contributed by atoms with Crippen LogP contribution >= 0.6 is 0 Å². The van der Waals surface area contributed by atoms with Crippen molar-refractivity contribution in [1.82, 2.24) is 5.32 Å². The Morgan fingerprint density at radius 2 is 2.21 bits per heavy atom. The number of amides is 1. The topological polar surface area (TPSA) is 64.3 Å². The summed E-state index contributed by atoms with van der Waals surface area (Å²) in [5.74, 6) is 0.580. The average molecular weight is 262 g/mol. The van der Waals surface area contributed by atoms with E-state index in [1.165, 1.54) is 5.56 Å². The first-order valence-corrected chi connectivity index (χ1v) is 6.81. The summed E-state index contributed by atoms with van der Waals surface area (Å²) in [7, 11) is 0. The summed E-state index contributed by atoms with van der Waals surface area (Å²) in [6.07, 6.45) is 2.89. The summed E-state index contributed by atoms with van der Waals surface area (Å²) in [6.45, 7) is 4.58. The lowest BCUT2D eigenvalue weighted by atomic mass is 10.1. The quantitative estimate of drug-likeness (QED) is 0.785. The highest BCUT2D eigenvalue weighted by Crippen LogP contribution is 2.21. The lowest BCUT2D eigenvalue weighted by molar-refractivity contribution is -0.120. The molecule has 104 valence electrons. The van der Waals surface area contributed by atoms with Crippen LogP contribution < -0.4 is 15.8 Å². The van der Waals surface area contributed by atoms with E-state index in [0.29, 0.717) is 19.1 Å². The minimum Gasteiger partial charge on any atom is -0.493 e. The molecule has 0 heterocycles. The van der Waals surface area contributed by atoms with Gasteiger partial charge in [-0.3, -0.25) is 4.79 Å². The molecule has 4 nitrogen and oxygen atoms in total. The van der Waals surface area contributed by atoms with Crippen molar-refractivity contribution in [1.29, 1.82) is 0 Å². The predicted octanol–water partition coefficient (Wildman–Crippen LogP) is 1.68. The Hall–Kier alpha value is -1.55. The molecule has 0 bridgehead atoms. The van der Waals surface area contributed by atoms with Gasteiger partial charge in [0, 0.05) is 12.5 Å². The molecule has 1 atom stereocenters. The number of carbonyl (C=O) groups is 1. The van der Waals surface area contributed by atoms with Gasteiger partial charge in [-0.15, -0.1) is 0 Å². The molecule has 0 aliphatic heterocycles. The molecule has 1 aliphatic carbocycles. The van der Waals surface area contributed by atoms with Gasteiger partial charge in [-0.05, 0) is 38.3 Å². The predicted molar refractivity (Wildman–Crippen MR) is 75.2 cm³/mol. The van der Waals surface area contributed by atoms with Gasteiger partial charge in [0.05, 0.1) is 12.6 Å². The lowest BCUT2D eigenvalue weighted by Crippen LogP contribution is -2.43. The van der Waals surface area contributed by atoms with Gasteiger partial charge in [0.25, 0.3) is 0 Å². The van der Waals surface area contributed by atoms with Gasteiger partial charge in [0.15, 0.2) is 0 Å². The summed E-state index contributed by atoms with van der Waals surface area (Å²) < 4.78 is 5.73. The zero-order valence-corrected chi connectivity index (χ0v) is 11.6.